The third-order valence-corrected chi connectivity index (χ3v) is 3.59. The predicted molar refractivity (Wildman–Crippen MR) is 83.2 cm³/mol. The molecule has 0 saturated carbocycles. The van der Waals surface area contributed by atoms with Crippen LogP contribution in [0.4, 0.5) is 11.4 Å². The van der Waals surface area contributed by atoms with Crippen molar-refractivity contribution in [1.29, 1.82) is 0 Å². The zero-order chi connectivity index (χ0) is 13.0. The summed E-state index contributed by atoms with van der Waals surface area (Å²) in [6.07, 6.45) is 0. The summed E-state index contributed by atoms with van der Waals surface area (Å²) in [6, 6.07) is 15.4. The average Bonchev–Trinajstić information content (AvgIpc) is 2.35. The second-order valence-electron chi connectivity index (χ2n) is 3.55. The molecule has 5 heteroatoms. The molecule has 0 spiro atoms. The highest BCUT2D eigenvalue weighted by atomic mass is 79.9. The molecule has 92 valence electrons. The maximum absolute atomic E-state index is 5.87. The van der Waals surface area contributed by atoms with Crippen molar-refractivity contribution in [3.05, 3.63) is 57.5 Å². The summed E-state index contributed by atoms with van der Waals surface area (Å²) in [5.41, 5.74) is 7.54. The van der Waals surface area contributed by atoms with Gasteiger partial charge in [-0.05, 0) is 56.1 Å². The molecule has 0 aliphatic carbocycles. The molecule has 0 radical (unpaired) electrons. The molecule has 0 saturated heterocycles. The molecule has 3 N–H and O–H groups in total. The van der Waals surface area contributed by atoms with Crippen LogP contribution in [-0.2, 0) is 0 Å². The Kier molecular flexibility index (Phi) is 4.38. The van der Waals surface area contributed by atoms with Crippen LogP contribution in [0.1, 0.15) is 0 Å². The number of anilines is 1. The van der Waals surface area contributed by atoms with Gasteiger partial charge in [0.25, 0.3) is 0 Å². The Labute approximate surface area is 122 Å². The third kappa shape index (κ3) is 3.34. The second kappa shape index (κ2) is 6.02. The van der Waals surface area contributed by atoms with Crippen molar-refractivity contribution in [1.82, 2.24) is 0 Å². The van der Waals surface area contributed by atoms with Gasteiger partial charge in [-0.15, -0.1) is 0 Å². The summed E-state index contributed by atoms with van der Waals surface area (Å²) in [5, 5.41) is 3.05. The van der Waals surface area contributed by atoms with E-state index in [1.807, 2.05) is 48.5 Å². The predicted octanol–water partition coefficient (Wildman–Crippen LogP) is 4.27. The van der Waals surface area contributed by atoms with Crippen LogP contribution in [0.5, 0.6) is 0 Å². The van der Waals surface area contributed by atoms with E-state index < -0.39 is 0 Å². The lowest BCUT2D eigenvalue weighted by Gasteiger charge is -2.07. The van der Waals surface area contributed by atoms with Crippen LogP contribution in [-0.4, -0.2) is 5.96 Å². The normalized spacial score (nSPS) is 11.3. The number of para-hydroxylation sites is 2. The molecular formula is C13H11Br2N3. The Balaban J connectivity index is 2.20. The first-order valence-electron chi connectivity index (χ1n) is 5.27. The highest BCUT2D eigenvalue weighted by molar-refractivity contribution is 9.11. The molecule has 0 atom stereocenters. The second-order valence-corrected chi connectivity index (χ2v) is 5.26. The zero-order valence-corrected chi connectivity index (χ0v) is 12.6. The molecule has 0 bridgehead atoms. The summed E-state index contributed by atoms with van der Waals surface area (Å²) < 4.78 is 1.84. The van der Waals surface area contributed by atoms with Crippen LogP contribution in [0.3, 0.4) is 0 Å². The standard InChI is InChI=1S/C13H11Br2N3/c14-9-5-1-3-7-11(9)17-13(16)18-12-8-4-2-6-10(12)15/h1-8H,(H3,16,17,18). The minimum atomic E-state index is 0.341. The van der Waals surface area contributed by atoms with Gasteiger partial charge in [-0.2, -0.15) is 0 Å². The van der Waals surface area contributed by atoms with Gasteiger partial charge >= 0.3 is 0 Å². The zero-order valence-electron chi connectivity index (χ0n) is 9.40. The monoisotopic (exact) mass is 367 g/mol. The molecule has 0 aliphatic heterocycles. The van der Waals surface area contributed by atoms with E-state index in [-0.39, 0.29) is 0 Å². The number of halogens is 2. The van der Waals surface area contributed by atoms with E-state index in [2.05, 4.69) is 42.2 Å². The number of aliphatic imine (C=N–C) groups is 1. The lowest BCUT2D eigenvalue weighted by molar-refractivity contribution is 1.42. The topological polar surface area (TPSA) is 50.4 Å². The highest BCUT2D eigenvalue weighted by Crippen LogP contribution is 2.25. The number of rotatable bonds is 2. The third-order valence-electron chi connectivity index (χ3n) is 2.23. The van der Waals surface area contributed by atoms with Crippen LogP contribution >= 0.6 is 31.9 Å². The van der Waals surface area contributed by atoms with Gasteiger partial charge in [0.15, 0.2) is 5.96 Å². The Morgan fingerprint density at radius 1 is 0.944 bits per heavy atom. The molecule has 2 aromatic rings. The lowest BCUT2D eigenvalue weighted by atomic mass is 10.3. The van der Waals surface area contributed by atoms with E-state index >= 15 is 0 Å². The number of nitrogens with one attached hydrogen (secondary N) is 1. The highest BCUT2D eigenvalue weighted by Gasteiger charge is 2.01. The summed E-state index contributed by atoms with van der Waals surface area (Å²) in [4.78, 5) is 4.31. The number of benzene rings is 2. The summed E-state index contributed by atoms with van der Waals surface area (Å²) in [6.45, 7) is 0. The lowest BCUT2D eigenvalue weighted by Crippen LogP contribution is -2.22. The Morgan fingerprint density at radius 2 is 1.56 bits per heavy atom. The number of hydrogen-bond donors (Lipinski definition) is 2. The molecule has 0 aromatic heterocycles. The fourth-order valence-corrected chi connectivity index (χ4v) is 2.16. The van der Waals surface area contributed by atoms with Gasteiger partial charge in [0.05, 0.1) is 11.4 Å². The summed E-state index contributed by atoms with van der Waals surface area (Å²) in [7, 11) is 0. The van der Waals surface area contributed by atoms with Gasteiger partial charge < -0.3 is 11.1 Å². The smallest absolute Gasteiger partial charge is 0.198 e. The van der Waals surface area contributed by atoms with Crippen molar-refractivity contribution >= 4 is 49.2 Å². The molecule has 0 unspecified atom stereocenters. The van der Waals surface area contributed by atoms with Gasteiger partial charge in [-0.25, -0.2) is 4.99 Å². The Bertz CT molecular complexity index is 582. The summed E-state index contributed by atoms with van der Waals surface area (Å²) >= 11 is 6.87. The summed E-state index contributed by atoms with van der Waals surface area (Å²) in [5.74, 6) is 0.341. The van der Waals surface area contributed by atoms with E-state index in [1.165, 1.54) is 0 Å². The van der Waals surface area contributed by atoms with Crippen molar-refractivity contribution in [2.75, 3.05) is 5.32 Å². The number of nitrogens with two attached hydrogens (primary N) is 1. The van der Waals surface area contributed by atoms with E-state index in [0.717, 1.165) is 20.3 Å². The molecule has 0 amide bonds. The Hall–Kier alpha value is -1.33. The van der Waals surface area contributed by atoms with Gasteiger partial charge in [0.2, 0.25) is 0 Å². The maximum Gasteiger partial charge on any atom is 0.198 e. The molecule has 2 aromatic carbocycles. The molecular weight excluding hydrogens is 358 g/mol. The van der Waals surface area contributed by atoms with Crippen molar-refractivity contribution in [3.63, 3.8) is 0 Å². The van der Waals surface area contributed by atoms with Gasteiger partial charge in [0.1, 0.15) is 0 Å². The first-order valence-corrected chi connectivity index (χ1v) is 6.85. The number of hydrogen-bond acceptors (Lipinski definition) is 1. The van der Waals surface area contributed by atoms with E-state index in [4.69, 9.17) is 5.73 Å². The maximum atomic E-state index is 5.87. The number of guanidine groups is 1. The van der Waals surface area contributed by atoms with Crippen LogP contribution in [0.25, 0.3) is 0 Å². The van der Waals surface area contributed by atoms with Gasteiger partial charge in [0, 0.05) is 8.95 Å². The SMILES string of the molecule is NC(=Nc1ccccc1Br)Nc1ccccc1Br. The first kappa shape index (κ1) is 13.1. The van der Waals surface area contributed by atoms with E-state index in [1.54, 1.807) is 0 Å². The van der Waals surface area contributed by atoms with Crippen molar-refractivity contribution in [2.24, 2.45) is 10.7 Å². The van der Waals surface area contributed by atoms with Gasteiger partial charge in [-0.3, -0.25) is 0 Å². The molecule has 3 nitrogen and oxygen atoms in total. The molecule has 2 rings (SSSR count). The molecule has 0 heterocycles. The van der Waals surface area contributed by atoms with E-state index in [9.17, 15) is 0 Å². The number of nitrogens with zero attached hydrogens (tertiary/aromatic N) is 1. The van der Waals surface area contributed by atoms with Crippen LogP contribution in [0, 0.1) is 0 Å². The quantitative estimate of drug-likeness (QED) is 0.614. The van der Waals surface area contributed by atoms with Crippen molar-refractivity contribution in [2.45, 2.75) is 0 Å². The van der Waals surface area contributed by atoms with Crippen LogP contribution in [0.2, 0.25) is 0 Å². The molecule has 0 aliphatic rings. The van der Waals surface area contributed by atoms with Crippen molar-refractivity contribution in [3.8, 4) is 0 Å². The Morgan fingerprint density at radius 3 is 2.22 bits per heavy atom. The van der Waals surface area contributed by atoms with Crippen LogP contribution in [0.15, 0.2) is 62.5 Å². The molecule has 18 heavy (non-hydrogen) atoms. The van der Waals surface area contributed by atoms with Crippen LogP contribution < -0.4 is 11.1 Å². The average molecular weight is 369 g/mol. The molecule has 0 fully saturated rings. The largest absolute Gasteiger partial charge is 0.369 e. The van der Waals surface area contributed by atoms with Crippen molar-refractivity contribution < 1.29 is 0 Å². The van der Waals surface area contributed by atoms with Gasteiger partial charge in [-0.1, -0.05) is 24.3 Å². The fraction of sp³-hybridized carbons (Fsp3) is 0. The fourth-order valence-electron chi connectivity index (χ4n) is 1.40. The van der Waals surface area contributed by atoms with E-state index in [0.29, 0.717) is 5.96 Å². The first-order chi connectivity index (χ1) is 8.66. The minimum absolute atomic E-state index is 0.341. The minimum Gasteiger partial charge on any atom is -0.369 e.